The molecule has 1 aliphatic heterocycles. The molecule has 0 aromatic heterocycles. The molecule has 0 unspecified atom stereocenters. The highest BCUT2D eigenvalue weighted by Crippen LogP contribution is 2.38. The first-order chi connectivity index (χ1) is 19.4. The second-order valence-corrected chi connectivity index (χ2v) is 12.7. The monoisotopic (exact) mass is 579 g/mol. The largest absolute Gasteiger partial charge is 0.481 e. The fraction of sp³-hybridized carbons (Fsp3) is 0.394. The Hall–Kier alpha value is -3.33. The van der Waals surface area contributed by atoms with Gasteiger partial charge >= 0.3 is 5.97 Å². The first kappa shape index (κ1) is 32.2. The number of ketones is 1. The van der Waals surface area contributed by atoms with E-state index in [0.29, 0.717) is 35.6 Å². The van der Waals surface area contributed by atoms with Gasteiger partial charge in [0.15, 0.2) is 5.78 Å². The molecule has 2 N–H and O–H groups in total. The molecule has 7 nitrogen and oxygen atoms in total. The quantitative estimate of drug-likeness (QED) is 0.222. The maximum Gasteiger partial charge on any atom is 0.313 e. The van der Waals surface area contributed by atoms with Crippen molar-refractivity contribution in [1.82, 2.24) is 4.90 Å². The number of hydrogen-bond acceptors (Lipinski definition) is 5. The molecule has 0 bridgehead atoms. The number of aliphatic carboxylic acids is 1. The molecule has 0 saturated carbocycles. The molecule has 4 rings (SSSR count). The number of carbonyl (C=O) groups is 2. The summed E-state index contributed by atoms with van der Waals surface area (Å²) in [6, 6.07) is 28.8. The Kier molecular flexibility index (Phi) is 11.4. The summed E-state index contributed by atoms with van der Waals surface area (Å²) in [5, 5.41) is 9.40. The van der Waals surface area contributed by atoms with E-state index in [1.54, 1.807) is 38.1 Å². The van der Waals surface area contributed by atoms with Crippen LogP contribution >= 0.6 is 0 Å². The molecule has 0 atom stereocenters. The number of carboxylic acids is 1. The minimum Gasteiger partial charge on any atom is -0.481 e. The van der Waals surface area contributed by atoms with Gasteiger partial charge in [0.1, 0.15) is 0 Å². The third-order valence-corrected chi connectivity index (χ3v) is 7.76. The average Bonchev–Trinajstić information content (AvgIpc) is 2.94. The third-order valence-electron chi connectivity index (χ3n) is 7.76. The fourth-order valence-corrected chi connectivity index (χ4v) is 5.37. The van der Waals surface area contributed by atoms with Crippen LogP contribution in [0.4, 0.5) is 0 Å². The van der Waals surface area contributed by atoms with Crippen molar-refractivity contribution in [1.29, 1.82) is 0 Å². The molecule has 8 heteroatoms. The van der Waals surface area contributed by atoms with Gasteiger partial charge in [-0.25, -0.2) is 0 Å². The van der Waals surface area contributed by atoms with Gasteiger partial charge in [-0.3, -0.25) is 14.1 Å². The maximum atomic E-state index is 12.7. The van der Waals surface area contributed by atoms with Crippen molar-refractivity contribution >= 4 is 21.9 Å². The van der Waals surface area contributed by atoms with Crippen LogP contribution in [0.5, 0.6) is 0 Å². The molecule has 0 aliphatic carbocycles. The van der Waals surface area contributed by atoms with E-state index in [1.807, 2.05) is 0 Å². The molecule has 0 spiro atoms. The fourth-order valence-electron chi connectivity index (χ4n) is 5.37. The van der Waals surface area contributed by atoms with Crippen LogP contribution in [0.1, 0.15) is 72.5 Å². The highest BCUT2D eigenvalue weighted by atomic mass is 32.2. The van der Waals surface area contributed by atoms with E-state index in [1.165, 1.54) is 11.1 Å². The zero-order valence-corrected chi connectivity index (χ0v) is 24.9. The van der Waals surface area contributed by atoms with Crippen molar-refractivity contribution in [2.45, 2.75) is 50.9 Å². The van der Waals surface area contributed by atoms with E-state index < -0.39 is 21.5 Å². The van der Waals surface area contributed by atoms with E-state index in [4.69, 9.17) is 4.55 Å². The number of benzene rings is 3. The standard InChI is InChI=1S/C32H37NO3.CH4O3S/c1-32(2,31(35)36)28-17-15-24(16-18-28)29(34)14-9-21-33-22-19-27(20-23-33)30(25-10-5-3-6-11-25)26-12-7-4-8-13-26;1-5(2,3)4/h3-8,10-13,15-18,27,30H,9,14,19-23H2,1-2H3,(H,35,36);1H3,(H,2,3,4). The highest BCUT2D eigenvalue weighted by molar-refractivity contribution is 7.85. The summed E-state index contributed by atoms with van der Waals surface area (Å²) < 4.78 is 25.9. The van der Waals surface area contributed by atoms with E-state index in [0.717, 1.165) is 38.9 Å². The Balaban J connectivity index is 0.000000850. The minimum atomic E-state index is -3.67. The lowest BCUT2D eigenvalue weighted by Gasteiger charge is -2.36. The zero-order valence-electron chi connectivity index (χ0n) is 24.1. The predicted molar refractivity (Wildman–Crippen MR) is 162 cm³/mol. The number of piperidine rings is 1. The number of carboxylic acid groups (broad SMARTS) is 1. The molecular formula is C33H41NO6S. The second-order valence-electron chi connectivity index (χ2n) is 11.2. The summed E-state index contributed by atoms with van der Waals surface area (Å²) >= 11 is 0. The summed E-state index contributed by atoms with van der Waals surface area (Å²) in [7, 11) is -3.67. The number of likely N-dealkylation sites (tertiary alicyclic amines) is 1. The van der Waals surface area contributed by atoms with Crippen LogP contribution in [0.15, 0.2) is 84.9 Å². The minimum absolute atomic E-state index is 0.123. The summed E-state index contributed by atoms with van der Waals surface area (Å²) in [6.07, 6.45) is 4.38. The molecule has 0 radical (unpaired) electrons. The van der Waals surface area contributed by atoms with Crippen molar-refractivity contribution in [3.8, 4) is 0 Å². The number of hydrogen-bond donors (Lipinski definition) is 2. The normalized spacial score (nSPS) is 14.8. The van der Waals surface area contributed by atoms with E-state index in [-0.39, 0.29) is 5.78 Å². The van der Waals surface area contributed by atoms with Gasteiger partial charge in [-0.05, 0) is 75.4 Å². The van der Waals surface area contributed by atoms with Crippen LogP contribution in [0, 0.1) is 5.92 Å². The lowest BCUT2D eigenvalue weighted by atomic mass is 9.76. The molecule has 220 valence electrons. The summed E-state index contributed by atoms with van der Waals surface area (Å²) in [5.41, 5.74) is 3.19. The Morgan fingerprint density at radius 2 is 1.34 bits per heavy atom. The van der Waals surface area contributed by atoms with Crippen LogP contribution in [0.2, 0.25) is 0 Å². The maximum absolute atomic E-state index is 12.7. The van der Waals surface area contributed by atoms with Crippen molar-refractivity contribution in [3.63, 3.8) is 0 Å². The van der Waals surface area contributed by atoms with Gasteiger partial charge in [0, 0.05) is 17.9 Å². The van der Waals surface area contributed by atoms with Crippen LogP contribution < -0.4 is 0 Å². The number of carbonyl (C=O) groups excluding carboxylic acids is 1. The predicted octanol–water partition coefficient (Wildman–Crippen LogP) is 6.06. The van der Waals surface area contributed by atoms with Gasteiger partial charge in [0.05, 0.1) is 11.7 Å². The summed E-state index contributed by atoms with van der Waals surface area (Å²) in [4.78, 5) is 26.7. The Morgan fingerprint density at radius 1 is 0.878 bits per heavy atom. The lowest BCUT2D eigenvalue weighted by Crippen LogP contribution is -2.36. The molecule has 41 heavy (non-hydrogen) atoms. The number of rotatable bonds is 10. The zero-order chi connectivity index (χ0) is 30.0. The second kappa shape index (κ2) is 14.5. The van der Waals surface area contributed by atoms with Crippen LogP contribution in [-0.2, 0) is 20.3 Å². The van der Waals surface area contributed by atoms with Crippen molar-refractivity contribution < 1.29 is 27.7 Å². The topological polar surface area (TPSA) is 112 Å². The molecule has 1 fully saturated rings. The van der Waals surface area contributed by atoms with Gasteiger partial charge in [-0.2, -0.15) is 8.42 Å². The Bertz CT molecular complexity index is 1320. The number of nitrogens with zero attached hydrogens (tertiary/aromatic N) is 1. The first-order valence-electron chi connectivity index (χ1n) is 14.0. The number of Topliss-reactive ketones (excluding diaryl/α,β-unsaturated/α-hetero) is 1. The highest BCUT2D eigenvalue weighted by Gasteiger charge is 2.30. The Labute approximate surface area is 244 Å². The van der Waals surface area contributed by atoms with Crippen molar-refractivity contribution in [2.75, 3.05) is 25.9 Å². The summed E-state index contributed by atoms with van der Waals surface area (Å²) in [5.74, 6) is 0.286. The van der Waals surface area contributed by atoms with Crippen LogP contribution in [-0.4, -0.2) is 60.6 Å². The smallest absolute Gasteiger partial charge is 0.313 e. The van der Waals surface area contributed by atoms with Gasteiger partial charge in [-0.1, -0.05) is 84.9 Å². The third kappa shape index (κ3) is 9.92. The van der Waals surface area contributed by atoms with Gasteiger partial charge in [0.2, 0.25) is 0 Å². The molecule has 0 amide bonds. The van der Waals surface area contributed by atoms with Gasteiger partial charge < -0.3 is 10.0 Å². The van der Waals surface area contributed by atoms with Crippen molar-refractivity contribution in [2.24, 2.45) is 5.92 Å². The SMILES string of the molecule is CC(C)(C(=O)O)c1ccc(C(=O)CCCN2CCC(C(c3ccccc3)c3ccccc3)CC2)cc1.CS(=O)(=O)O. The van der Waals surface area contributed by atoms with E-state index >= 15 is 0 Å². The molecular weight excluding hydrogens is 538 g/mol. The van der Waals surface area contributed by atoms with E-state index in [2.05, 4.69) is 65.6 Å². The molecule has 3 aromatic carbocycles. The van der Waals surface area contributed by atoms with Crippen molar-refractivity contribution in [3.05, 3.63) is 107 Å². The average molecular weight is 580 g/mol. The van der Waals surface area contributed by atoms with Gasteiger partial charge in [-0.15, -0.1) is 0 Å². The molecule has 1 aliphatic rings. The lowest BCUT2D eigenvalue weighted by molar-refractivity contribution is -0.142. The Morgan fingerprint density at radius 3 is 1.78 bits per heavy atom. The van der Waals surface area contributed by atoms with Crippen LogP contribution in [0.3, 0.4) is 0 Å². The molecule has 3 aromatic rings. The first-order valence-corrected chi connectivity index (χ1v) is 15.8. The molecule has 1 saturated heterocycles. The molecule has 1 heterocycles. The summed E-state index contributed by atoms with van der Waals surface area (Å²) in [6.45, 7) is 6.42. The van der Waals surface area contributed by atoms with Gasteiger partial charge in [0.25, 0.3) is 10.1 Å². The van der Waals surface area contributed by atoms with Crippen LogP contribution in [0.25, 0.3) is 0 Å². The van der Waals surface area contributed by atoms with E-state index in [9.17, 15) is 23.1 Å².